The Balaban J connectivity index is 1.70. The van der Waals surface area contributed by atoms with Crippen LogP contribution < -0.4 is 15.0 Å². The maximum Gasteiger partial charge on any atom is 0.248 e. The van der Waals surface area contributed by atoms with Gasteiger partial charge in [0.1, 0.15) is 5.75 Å². The number of rotatable bonds is 5. The van der Waals surface area contributed by atoms with Crippen LogP contribution >= 0.6 is 34.8 Å². The van der Waals surface area contributed by atoms with Crippen LogP contribution in [0.4, 0.5) is 11.4 Å². The summed E-state index contributed by atoms with van der Waals surface area (Å²) in [5.74, 6) is 0.140. The summed E-state index contributed by atoms with van der Waals surface area (Å²) >= 11 is 18.5. The van der Waals surface area contributed by atoms with E-state index in [9.17, 15) is 4.79 Å². The number of benzene rings is 2. The molecular formula is C20H19Cl3N2O3. The van der Waals surface area contributed by atoms with Crippen LogP contribution in [0.1, 0.15) is 5.56 Å². The summed E-state index contributed by atoms with van der Waals surface area (Å²) in [6, 6.07) is 8.70. The summed E-state index contributed by atoms with van der Waals surface area (Å²) in [7, 11) is 1.50. The molecule has 1 fully saturated rings. The molecule has 0 aromatic heterocycles. The Labute approximate surface area is 178 Å². The lowest BCUT2D eigenvalue weighted by Crippen LogP contribution is -2.36. The van der Waals surface area contributed by atoms with E-state index in [2.05, 4.69) is 10.2 Å². The molecule has 1 aliphatic heterocycles. The fourth-order valence-corrected chi connectivity index (χ4v) is 3.80. The Morgan fingerprint density at radius 3 is 2.57 bits per heavy atom. The number of amides is 1. The molecule has 2 aromatic rings. The van der Waals surface area contributed by atoms with Gasteiger partial charge in [0.05, 0.1) is 36.1 Å². The molecule has 0 bridgehead atoms. The third-order valence-corrected chi connectivity index (χ3v) is 5.02. The third kappa shape index (κ3) is 5.11. The maximum atomic E-state index is 12.3. The van der Waals surface area contributed by atoms with Crippen LogP contribution in [0.2, 0.25) is 15.1 Å². The molecule has 0 aliphatic carbocycles. The van der Waals surface area contributed by atoms with E-state index < -0.39 is 0 Å². The number of hydrogen-bond acceptors (Lipinski definition) is 4. The highest BCUT2D eigenvalue weighted by Crippen LogP contribution is 2.33. The molecule has 148 valence electrons. The van der Waals surface area contributed by atoms with Crippen molar-refractivity contribution in [2.75, 3.05) is 43.6 Å². The molecule has 1 heterocycles. The number of nitrogens with zero attached hydrogens (tertiary/aromatic N) is 1. The van der Waals surface area contributed by atoms with Gasteiger partial charge in [0, 0.05) is 35.4 Å². The van der Waals surface area contributed by atoms with Crippen LogP contribution in [-0.4, -0.2) is 39.3 Å². The predicted octanol–water partition coefficient (Wildman–Crippen LogP) is 5.14. The molecule has 8 heteroatoms. The SMILES string of the molecule is COc1c(Cl)cc(Cl)cc1/C=C/C(=O)Nc1ccc(N2CCOCC2)c(Cl)c1. The van der Waals surface area contributed by atoms with Gasteiger partial charge < -0.3 is 19.7 Å². The third-order valence-electron chi connectivity index (χ3n) is 4.22. The number of anilines is 2. The number of halogens is 3. The molecule has 0 saturated carbocycles. The van der Waals surface area contributed by atoms with E-state index >= 15 is 0 Å². The molecule has 2 aromatic carbocycles. The van der Waals surface area contributed by atoms with Crippen molar-refractivity contribution in [3.05, 3.63) is 57.0 Å². The monoisotopic (exact) mass is 440 g/mol. The molecule has 28 heavy (non-hydrogen) atoms. The molecular weight excluding hydrogens is 423 g/mol. The Morgan fingerprint density at radius 1 is 1.14 bits per heavy atom. The fraction of sp³-hybridized carbons (Fsp3) is 0.250. The van der Waals surface area contributed by atoms with Crippen molar-refractivity contribution >= 4 is 58.2 Å². The van der Waals surface area contributed by atoms with Gasteiger partial charge >= 0.3 is 0 Å². The zero-order valence-electron chi connectivity index (χ0n) is 15.2. The molecule has 1 N–H and O–H groups in total. The standard InChI is InChI=1S/C20H19Cl3N2O3/c1-27-20-13(10-14(21)11-17(20)23)2-5-19(26)24-15-3-4-18(16(22)12-15)25-6-8-28-9-7-25/h2-5,10-12H,6-9H2,1H3,(H,24,26)/b5-2+. The number of carbonyl (C=O) groups is 1. The normalized spacial score (nSPS) is 14.4. The van der Waals surface area contributed by atoms with Crippen LogP contribution in [0.15, 0.2) is 36.4 Å². The van der Waals surface area contributed by atoms with E-state index in [-0.39, 0.29) is 5.91 Å². The van der Waals surface area contributed by atoms with Crippen LogP contribution in [0, 0.1) is 0 Å². The van der Waals surface area contributed by atoms with Crippen LogP contribution in [0.5, 0.6) is 5.75 Å². The van der Waals surface area contributed by atoms with Crippen molar-refractivity contribution in [3.63, 3.8) is 0 Å². The summed E-state index contributed by atoms with van der Waals surface area (Å²) in [5.41, 5.74) is 2.14. The summed E-state index contributed by atoms with van der Waals surface area (Å²) in [4.78, 5) is 14.4. The summed E-state index contributed by atoms with van der Waals surface area (Å²) in [6.07, 6.45) is 2.98. The van der Waals surface area contributed by atoms with Crippen molar-refractivity contribution in [3.8, 4) is 5.75 Å². The van der Waals surface area contributed by atoms with Gasteiger partial charge in [0.25, 0.3) is 0 Å². The number of ether oxygens (including phenoxy) is 2. The number of methoxy groups -OCH3 is 1. The van der Waals surface area contributed by atoms with E-state index in [4.69, 9.17) is 44.3 Å². The van der Waals surface area contributed by atoms with Gasteiger partial charge in [-0.05, 0) is 36.4 Å². The first-order valence-electron chi connectivity index (χ1n) is 8.62. The van der Waals surface area contributed by atoms with Crippen molar-refractivity contribution in [1.82, 2.24) is 0 Å². The smallest absolute Gasteiger partial charge is 0.248 e. The van der Waals surface area contributed by atoms with Gasteiger partial charge in [0.15, 0.2) is 0 Å². The Bertz CT molecular complexity index is 897. The molecule has 0 spiro atoms. The minimum Gasteiger partial charge on any atom is -0.495 e. The second-order valence-electron chi connectivity index (χ2n) is 6.10. The molecule has 1 saturated heterocycles. The minimum absolute atomic E-state index is 0.312. The predicted molar refractivity (Wildman–Crippen MR) is 115 cm³/mol. The first-order valence-corrected chi connectivity index (χ1v) is 9.75. The molecule has 5 nitrogen and oxygen atoms in total. The highest BCUT2D eigenvalue weighted by molar-refractivity contribution is 6.36. The second-order valence-corrected chi connectivity index (χ2v) is 7.35. The Morgan fingerprint density at radius 2 is 1.89 bits per heavy atom. The summed E-state index contributed by atoms with van der Waals surface area (Å²) in [5, 5.41) is 4.20. The highest BCUT2D eigenvalue weighted by Gasteiger charge is 2.14. The van der Waals surface area contributed by atoms with Gasteiger partial charge in [-0.3, -0.25) is 4.79 Å². The average Bonchev–Trinajstić information content (AvgIpc) is 2.67. The van der Waals surface area contributed by atoms with E-state index in [0.717, 1.165) is 18.8 Å². The van der Waals surface area contributed by atoms with Crippen molar-refractivity contribution in [2.45, 2.75) is 0 Å². The molecule has 0 radical (unpaired) electrons. The van der Waals surface area contributed by atoms with E-state index in [1.807, 2.05) is 12.1 Å². The average molecular weight is 442 g/mol. The lowest BCUT2D eigenvalue weighted by atomic mass is 10.2. The van der Waals surface area contributed by atoms with E-state index in [0.29, 0.717) is 45.3 Å². The molecule has 1 amide bonds. The fourth-order valence-electron chi connectivity index (χ4n) is 2.91. The van der Waals surface area contributed by atoms with Gasteiger partial charge in [-0.25, -0.2) is 0 Å². The number of carbonyl (C=O) groups excluding carboxylic acids is 1. The molecule has 3 rings (SSSR count). The first kappa shape index (κ1) is 20.8. The van der Waals surface area contributed by atoms with Crippen LogP contribution in [0.25, 0.3) is 6.08 Å². The van der Waals surface area contributed by atoms with Gasteiger partial charge in [-0.15, -0.1) is 0 Å². The molecule has 1 aliphatic rings. The maximum absolute atomic E-state index is 12.3. The summed E-state index contributed by atoms with van der Waals surface area (Å²) < 4.78 is 10.6. The van der Waals surface area contributed by atoms with Crippen LogP contribution in [0.3, 0.4) is 0 Å². The quantitative estimate of drug-likeness (QED) is 0.652. The van der Waals surface area contributed by atoms with Gasteiger partial charge in [0.2, 0.25) is 5.91 Å². The minimum atomic E-state index is -0.312. The van der Waals surface area contributed by atoms with Gasteiger partial charge in [-0.1, -0.05) is 34.8 Å². The lowest BCUT2D eigenvalue weighted by Gasteiger charge is -2.29. The van der Waals surface area contributed by atoms with E-state index in [1.54, 1.807) is 24.3 Å². The largest absolute Gasteiger partial charge is 0.495 e. The molecule has 0 unspecified atom stereocenters. The topological polar surface area (TPSA) is 50.8 Å². The van der Waals surface area contributed by atoms with Crippen molar-refractivity contribution in [2.24, 2.45) is 0 Å². The lowest BCUT2D eigenvalue weighted by molar-refractivity contribution is -0.111. The Hall–Kier alpha value is -1.92. The van der Waals surface area contributed by atoms with Crippen molar-refractivity contribution in [1.29, 1.82) is 0 Å². The number of morpholine rings is 1. The molecule has 0 atom stereocenters. The van der Waals surface area contributed by atoms with E-state index in [1.165, 1.54) is 13.2 Å². The zero-order chi connectivity index (χ0) is 20.1. The van der Waals surface area contributed by atoms with Crippen LogP contribution in [-0.2, 0) is 9.53 Å². The van der Waals surface area contributed by atoms with Crippen molar-refractivity contribution < 1.29 is 14.3 Å². The zero-order valence-corrected chi connectivity index (χ0v) is 17.4. The summed E-state index contributed by atoms with van der Waals surface area (Å²) in [6.45, 7) is 2.93. The highest BCUT2D eigenvalue weighted by atomic mass is 35.5. The Kier molecular flexibility index (Phi) is 7.08. The number of nitrogens with one attached hydrogen (secondary N) is 1. The van der Waals surface area contributed by atoms with Gasteiger partial charge in [-0.2, -0.15) is 0 Å². The second kappa shape index (κ2) is 9.52. The first-order chi connectivity index (χ1) is 13.5. The number of hydrogen-bond donors (Lipinski definition) is 1.